The van der Waals surface area contributed by atoms with E-state index in [1.807, 2.05) is 6.92 Å². The van der Waals surface area contributed by atoms with Crippen LogP contribution in [-0.2, 0) is 4.79 Å². The van der Waals surface area contributed by atoms with Crippen LogP contribution in [0, 0.1) is 0 Å². The average Bonchev–Trinajstić information content (AvgIpc) is 2.14. The molecule has 6 heteroatoms. The van der Waals surface area contributed by atoms with Crippen molar-refractivity contribution in [1.82, 2.24) is 4.90 Å². The molecule has 0 unspecified atom stereocenters. The van der Waals surface area contributed by atoms with Gasteiger partial charge in [0, 0.05) is 12.6 Å². The number of piperidine rings is 1. The lowest BCUT2D eigenvalue weighted by molar-refractivity contribution is -0.131. The van der Waals surface area contributed by atoms with Crippen molar-refractivity contribution in [3.63, 3.8) is 0 Å². The van der Waals surface area contributed by atoms with Gasteiger partial charge < -0.3 is 4.90 Å². The van der Waals surface area contributed by atoms with Crippen LogP contribution in [0.4, 0.5) is 13.2 Å². The Morgan fingerprint density at radius 3 is 2.67 bits per heavy atom. The third-order valence-corrected chi connectivity index (χ3v) is 3.20. The highest BCUT2D eigenvalue weighted by molar-refractivity contribution is 8.00. The predicted octanol–water partition coefficient (Wildman–Crippen LogP) is 2.64. The highest BCUT2D eigenvalue weighted by Gasteiger charge is 2.31. The summed E-state index contributed by atoms with van der Waals surface area (Å²) in [6.07, 6.45) is 2.84. The number of thioether (sulfide) groups is 1. The molecule has 2 nitrogen and oxygen atoms in total. The zero-order chi connectivity index (χ0) is 11.5. The standard InChI is InChI=1S/C9H14F3NOS/c1-7-4-2-3-5-13(7)8(14)6-15-9(10,11)12/h7H,2-6H2,1H3/t7-/m1/s1. The number of halogens is 3. The Hall–Kier alpha value is -0.390. The summed E-state index contributed by atoms with van der Waals surface area (Å²) in [5.41, 5.74) is -4.31. The van der Waals surface area contributed by atoms with Gasteiger partial charge in [-0.2, -0.15) is 13.2 Å². The van der Waals surface area contributed by atoms with Crippen molar-refractivity contribution in [2.24, 2.45) is 0 Å². The Kier molecular flexibility index (Phi) is 4.31. The monoisotopic (exact) mass is 241 g/mol. The lowest BCUT2D eigenvalue weighted by Gasteiger charge is -2.33. The first-order valence-corrected chi connectivity index (χ1v) is 5.89. The fourth-order valence-electron chi connectivity index (χ4n) is 1.70. The first-order chi connectivity index (χ1) is 6.90. The average molecular weight is 241 g/mol. The summed E-state index contributed by atoms with van der Waals surface area (Å²) in [5.74, 6) is -0.891. The maximum atomic E-state index is 11.9. The molecule has 1 fully saturated rings. The molecular formula is C9H14F3NOS. The summed E-state index contributed by atoms with van der Waals surface area (Å²) in [4.78, 5) is 13.0. The molecular weight excluding hydrogens is 227 g/mol. The smallest absolute Gasteiger partial charge is 0.339 e. The van der Waals surface area contributed by atoms with E-state index in [-0.39, 0.29) is 17.8 Å². The Labute approximate surface area is 91.2 Å². The summed E-state index contributed by atoms with van der Waals surface area (Å²) >= 11 is -0.254. The van der Waals surface area contributed by atoms with Gasteiger partial charge in [0.25, 0.3) is 0 Å². The SMILES string of the molecule is C[C@@H]1CCCCN1C(=O)CSC(F)(F)F. The molecule has 0 saturated carbocycles. The predicted molar refractivity (Wildman–Crippen MR) is 53.5 cm³/mol. The van der Waals surface area contributed by atoms with Crippen LogP contribution >= 0.6 is 11.8 Å². The van der Waals surface area contributed by atoms with Crippen molar-refractivity contribution >= 4 is 17.7 Å². The zero-order valence-electron chi connectivity index (χ0n) is 8.51. The first-order valence-electron chi connectivity index (χ1n) is 4.90. The number of rotatable bonds is 2. The summed E-state index contributed by atoms with van der Waals surface area (Å²) < 4.78 is 35.6. The fraction of sp³-hybridized carbons (Fsp3) is 0.889. The van der Waals surface area contributed by atoms with Gasteiger partial charge in [-0.15, -0.1) is 0 Å². The lowest BCUT2D eigenvalue weighted by atomic mass is 10.0. The van der Waals surface area contributed by atoms with E-state index < -0.39 is 17.2 Å². The number of carbonyl (C=O) groups excluding carboxylic acids is 1. The van der Waals surface area contributed by atoms with Crippen LogP contribution in [0.2, 0.25) is 0 Å². The zero-order valence-corrected chi connectivity index (χ0v) is 9.33. The molecule has 0 N–H and O–H groups in total. The van der Waals surface area contributed by atoms with E-state index in [1.54, 1.807) is 4.90 Å². The summed E-state index contributed by atoms with van der Waals surface area (Å²) in [5, 5.41) is 0. The first kappa shape index (κ1) is 12.7. The van der Waals surface area contributed by atoms with Crippen LogP contribution in [0.3, 0.4) is 0 Å². The number of amides is 1. The van der Waals surface area contributed by atoms with Gasteiger partial charge in [-0.3, -0.25) is 4.79 Å². The molecule has 0 spiro atoms. The van der Waals surface area contributed by atoms with Crippen molar-refractivity contribution in [3.8, 4) is 0 Å². The Balaban J connectivity index is 2.39. The highest BCUT2D eigenvalue weighted by atomic mass is 32.2. The number of hydrogen-bond acceptors (Lipinski definition) is 2. The molecule has 1 saturated heterocycles. The quantitative estimate of drug-likeness (QED) is 0.740. The van der Waals surface area contributed by atoms with Crippen molar-refractivity contribution in [3.05, 3.63) is 0 Å². The minimum atomic E-state index is -4.31. The van der Waals surface area contributed by atoms with Gasteiger partial charge in [0.1, 0.15) is 0 Å². The molecule has 15 heavy (non-hydrogen) atoms. The van der Waals surface area contributed by atoms with Gasteiger partial charge in [0.2, 0.25) is 5.91 Å². The van der Waals surface area contributed by atoms with E-state index in [4.69, 9.17) is 0 Å². The van der Waals surface area contributed by atoms with Gasteiger partial charge in [-0.1, -0.05) is 0 Å². The number of carbonyl (C=O) groups is 1. The molecule has 1 atom stereocenters. The molecule has 88 valence electrons. The molecule has 0 radical (unpaired) electrons. The molecule has 1 amide bonds. The van der Waals surface area contributed by atoms with Crippen LogP contribution in [0.25, 0.3) is 0 Å². The molecule has 0 aromatic rings. The van der Waals surface area contributed by atoms with Gasteiger partial charge >= 0.3 is 5.51 Å². The second-order valence-electron chi connectivity index (χ2n) is 3.67. The lowest BCUT2D eigenvalue weighted by Crippen LogP contribution is -2.43. The van der Waals surface area contributed by atoms with Crippen LogP contribution in [-0.4, -0.2) is 34.7 Å². The molecule has 1 aliphatic rings. The fourth-order valence-corrected chi connectivity index (χ4v) is 2.15. The summed E-state index contributed by atoms with van der Waals surface area (Å²) in [6.45, 7) is 2.48. The molecule has 0 bridgehead atoms. The molecule has 0 aliphatic carbocycles. The molecule has 0 aromatic carbocycles. The molecule has 1 rings (SSSR count). The van der Waals surface area contributed by atoms with Crippen molar-refractivity contribution in [1.29, 1.82) is 0 Å². The minimum absolute atomic E-state index is 0.0834. The topological polar surface area (TPSA) is 20.3 Å². The molecule has 0 aromatic heterocycles. The summed E-state index contributed by atoms with van der Waals surface area (Å²) in [6, 6.07) is 0.0834. The Morgan fingerprint density at radius 1 is 1.47 bits per heavy atom. The van der Waals surface area contributed by atoms with E-state index >= 15 is 0 Å². The van der Waals surface area contributed by atoms with Gasteiger partial charge in [0.15, 0.2) is 0 Å². The minimum Gasteiger partial charge on any atom is -0.339 e. The van der Waals surface area contributed by atoms with E-state index in [0.717, 1.165) is 19.3 Å². The van der Waals surface area contributed by atoms with Crippen molar-refractivity contribution in [2.75, 3.05) is 12.3 Å². The Morgan fingerprint density at radius 2 is 2.13 bits per heavy atom. The van der Waals surface area contributed by atoms with Crippen LogP contribution in [0.15, 0.2) is 0 Å². The van der Waals surface area contributed by atoms with Crippen LogP contribution in [0.5, 0.6) is 0 Å². The largest absolute Gasteiger partial charge is 0.442 e. The van der Waals surface area contributed by atoms with E-state index in [0.29, 0.717) is 6.54 Å². The third kappa shape index (κ3) is 4.32. The van der Waals surface area contributed by atoms with Crippen molar-refractivity contribution in [2.45, 2.75) is 37.7 Å². The van der Waals surface area contributed by atoms with Gasteiger partial charge in [0.05, 0.1) is 5.75 Å². The number of nitrogens with zero attached hydrogens (tertiary/aromatic N) is 1. The highest BCUT2D eigenvalue weighted by Crippen LogP contribution is 2.30. The number of hydrogen-bond donors (Lipinski definition) is 0. The van der Waals surface area contributed by atoms with Crippen molar-refractivity contribution < 1.29 is 18.0 Å². The molecule has 1 aliphatic heterocycles. The second-order valence-corrected chi connectivity index (χ2v) is 4.71. The van der Waals surface area contributed by atoms with E-state index in [9.17, 15) is 18.0 Å². The van der Waals surface area contributed by atoms with Crippen LogP contribution < -0.4 is 0 Å². The maximum Gasteiger partial charge on any atom is 0.442 e. The van der Waals surface area contributed by atoms with E-state index in [1.165, 1.54) is 0 Å². The van der Waals surface area contributed by atoms with Gasteiger partial charge in [-0.25, -0.2) is 0 Å². The van der Waals surface area contributed by atoms with E-state index in [2.05, 4.69) is 0 Å². The van der Waals surface area contributed by atoms with Crippen LogP contribution in [0.1, 0.15) is 26.2 Å². The number of likely N-dealkylation sites (tertiary alicyclic amines) is 1. The third-order valence-electron chi connectivity index (χ3n) is 2.48. The molecule has 1 heterocycles. The second kappa shape index (κ2) is 5.09. The Bertz CT molecular complexity index is 232. The normalized spacial score (nSPS) is 22.9. The summed E-state index contributed by atoms with van der Waals surface area (Å²) in [7, 11) is 0. The number of alkyl halides is 3. The van der Waals surface area contributed by atoms with Gasteiger partial charge in [-0.05, 0) is 37.9 Å². The maximum absolute atomic E-state index is 11.9.